The molecule has 3 rings (SSSR count). The second kappa shape index (κ2) is 9.12. The molecule has 0 spiro atoms. The maximum absolute atomic E-state index is 12.9. The van der Waals surface area contributed by atoms with Gasteiger partial charge in [0.2, 0.25) is 5.91 Å². The van der Waals surface area contributed by atoms with Gasteiger partial charge in [0.25, 0.3) is 5.56 Å². The number of hydrogen-bond donors (Lipinski definition) is 1. The lowest BCUT2D eigenvalue weighted by Crippen LogP contribution is -2.44. The van der Waals surface area contributed by atoms with Crippen molar-refractivity contribution in [3.63, 3.8) is 0 Å². The highest BCUT2D eigenvalue weighted by molar-refractivity contribution is 7.99. The van der Waals surface area contributed by atoms with Gasteiger partial charge >= 0.3 is 0 Å². The fourth-order valence-corrected chi connectivity index (χ4v) is 4.77. The molecule has 3 atom stereocenters. The van der Waals surface area contributed by atoms with E-state index in [0.29, 0.717) is 40.4 Å². The van der Waals surface area contributed by atoms with Crippen molar-refractivity contribution in [2.24, 2.45) is 17.8 Å². The average molecular weight is 402 g/mol. The fourth-order valence-electron chi connectivity index (χ4n) is 3.95. The number of nitrogens with zero attached hydrogens (tertiary/aromatic N) is 2. The quantitative estimate of drug-likeness (QED) is 0.585. The molecule has 1 saturated carbocycles. The summed E-state index contributed by atoms with van der Waals surface area (Å²) in [5.41, 5.74) is 0.655. The molecule has 0 saturated heterocycles. The molecular formula is C22H31N3O2S. The van der Waals surface area contributed by atoms with Gasteiger partial charge in [-0.05, 0) is 36.3 Å². The third-order valence-electron chi connectivity index (χ3n) is 5.76. The summed E-state index contributed by atoms with van der Waals surface area (Å²) in [6.07, 6.45) is 3.46. The number of para-hydroxylation sites is 1. The Morgan fingerprint density at radius 1 is 1.29 bits per heavy atom. The second-order valence-electron chi connectivity index (χ2n) is 8.45. The van der Waals surface area contributed by atoms with Crippen LogP contribution in [0.1, 0.15) is 47.0 Å². The van der Waals surface area contributed by atoms with Gasteiger partial charge in [0.1, 0.15) is 0 Å². The van der Waals surface area contributed by atoms with E-state index >= 15 is 0 Å². The number of benzene rings is 1. The first kappa shape index (κ1) is 20.9. The smallest absolute Gasteiger partial charge is 0.262 e. The molecule has 0 unspecified atom stereocenters. The molecule has 1 fully saturated rings. The van der Waals surface area contributed by atoms with E-state index in [1.165, 1.54) is 24.6 Å². The maximum Gasteiger partial charge on any atom is 0.262 e. The molecule has 1 amide bonds. The SMILES string of the molecule is CC(C)Cn1c(SCC(=O)N[C@@H]2CCC[C@@H](C)[C@H]2C)nc2ccccc2c1=O. The van der Waals surface area contributed by atoms with Crippen LogP contribution in [0.2, 0.25) is 0 Å². The number of nitrogens with one attached hydrogen (secondary N) is 1. The van der Waals surface area contributed by atoms with Crippen LogP contribution in [0.25, 0.3) is 10.9 Å². The third-order valence-corrected chi connectivity index (χ3v) is 6.74. The van der Waals surface area contributed by atoms with Crippen LogP contribution in [0.3, 0.4) is 0 Å². The number of amides is 1. The Morgan fingerprint density at radius 2 is 2.04 bits per heavy atom. The molecule has 1 aliphatic carbocycles. The number of hydrogen-bond acceptors (Lipinski definition) is 4. The molecule has 5 nitrogen and oxygen atoms in total. The van der Waals surface area contributed by atoms with Crippen molar-refractivity contribution in [3.8, 4) is 0 Å². The third kappa shape index (κ3) is 4.77. The molecule has 6 heteroatoms. The van der Waals surface area contributed by atoms with Crippen LogP contribution >= 0.6 is 11.8 Å². The van der Waals surface area contributed by atoms with Crippen LogP contribution in [0.5, 0.6) is 0 Å². The number of aromatic nitrogens is 2. The Labute approximate surface area is 171 Å². The van der Waals surface area contributed by atoms with Crippen molar-refractivity contribution in [1.82, 2.24) is 14.9 Å². The molecular weight excluding hydrogens is 370 g/mol. The van der Waals surface area contributed by atoms with Gasteiger partial charge in [-0.25, -0.2) is 4.98 Å². The van der Waals surface area contributed by atoms with Gasteiger partial charge in [-0.15, -0.1) is 0 Å². The van der Waals surface area contributed by atoms with E-state index in [2.05, 4.69) is 38.0 Å². The van der Waals surface area contributed by atoms with Gasteiger partial charge in [0.05, 0.1) is 16.7 Å². The molecule has 0 aliphatic heterocycles. The largest absolute Gasteiger partial charge is 0.352 e. The number of carbonyl (C=O) groups is 1. The summed E-state index contributed by atoms with van der Waals surface area (Å²) in [6.45, 7) is 9.25. The van der Waals surface area contributed by atoms with Crippen molar-refractivity contribution in [2.45, 2.75) is 64.7 Å². The Hall–Kier alpha value is -1.82. The molecule has 1 aromatic heterocycles. The first-order valence-electron chi connectivity index (χ1n) is 10.3. The fraction of sp³-hybridized carbons (Fsp3) is 0.591. The minimum atomic E-state index is -0.0306. The summed E-state index contributed by atoms with van der Waals surface area (Å²) >= 11 is 1.36. The average Bonchev–Trinajstić information content (AvgIpc) is 2.66. The highest BCUT2D eigenvalue weighted by Gasteiger charge is 2.28. The molecule has 28 heavy (non-hydrogen) atoms. The van der Waals surface area contributed by atoms with Gasteiger partial charge in [-0.3, -0.25) is 14.2 Å². The van der Waals surface area contributed by atoms with Crippen LogP contribution in [0.4, 0.5) is 0 Å². The molecule has 1 N–H and O–H groups in total. The minimum Gasteiger partial charge on any atom is -0.352 e. The molecule has 1 aliphatic rings. The summed E-state index contributed by atoms with van der Waals surface area (Å²) < 4.78 is 1.72. The first-order chi connectivity index (χ1) is 13.4. The predicted molar refractivity (Wildman–Crippen MR) is 116 cm³/mol. The van der Waals surface area contributed by atoms with E-state index in [-0.39, 0.29) is 23.3 Å². The van der Waals surface area contributed by atoms with Gasteiger partial charge < -0.3 is 5.32 Å². The van der Waals surface area contributed by atoms with E-state index in [4.69, 9.17) is 0 Å². The van der Waals surface area contributed by atoms with Crippen molar-refractivity contribution < 1.29 is 4.79 Å². The first-order valence-corrected chi connectivity index (χ1v) is 11.3. The predicted octanol–water partition coefficient (Wildman–Crippen LogP) is 4.09. The van der Waals surface area contributed by atoms with Crippen LogP contribution < -0.4 is 10.9 Å². The molecule has 1 aromatic carbocycles. The van der Waals surface area contributed by atoms with Crippen molar-refractivity contribution in [2.75, 3.05) is 5.75 Å². The number of thioether (sulfide) groups is 1. The van der Waals surface area contributed by atoms with Gasteiger partial charge in [0, 0.05) is 12.6 Å². The van der Waals surface area contributed by atoms with E-state index in [1.54, 1.807) is 4.57 Å². The Bertz CT molecular complexity index is 893. The van der Waals surface area contributed by atoms with Gasteiger partial charge in [-0.2, -0.15) is 0 Å². The molecule has 1 heterocycles. The lowest BCUT2D eigenvalue weighted by atomic mass is 9.78. The monoisotopic (exact) mass is 401 g/mol. The molecule has 0 bridgehead atoms. The van der Waals surface area contributed by atoms with E-state index in [0.717, 1.165) is 6.42 Å². The van der Waals surface area contributed by atoms with Crippen LogP contribution in [-0.2, 0) is 11.3 Å². The zero-order chi connectivity index (χ0) is 20.3. The standard InChI is InChI=1S/C22H31N3O2S/c1-14(2)12-25-21(27)17-9-5-6-10-19(17)24-22(25)28-13-20(26)23-18-11-7-8-15(3)16(18)4/h5-6,9-10,14-16,18H,7-8,11-13H2,1-4H3,(H,23,26)/t15-,16-,18-/m1/s1. The molecule has 2 aromatic rings. The minimum absolute atomic E-state index is 0.0226. The zero-order valence-corrected chi connectivity index (χ0v) is 18.1. The molecule has 152 valence electrons. The van der Waals surface area contributed by atoms with Gasteiger partial charge in [-0.1, -0.05) is 64.4 Å². The van der Waals surface area contributed by atoms with Gasteiger partial charge in [0.15, 0.2) is 5.16 Å². The van der Waals surface area contributed by atoms with E-state index in [9.17, 15) is 9.59 Å². The van der Waals surface area contributed by atoms with Crippen LogP contribution in [0.15, 0.2) is 34.2 Å². The number of fused-ring (bicyclic) bond motifs is 1. The maximum atomic E-state index is 12.9. The van der Waals surface area contributed by atoms with E-state index in [1.807, 2.05) is 24.3 Å². The zero-order valence-electron chi connectivity index (χ0n) is 17.3. The number of carbonyl (C=O) groups excluding carboxylic acids is 1. The Kier molecular flexibility index (Phi) is 6.81. The highest BCUT2D eigenvalue weighted by Crippen LogP contribution is 2.29. The molecule has 0 radical (unpaired) electrons. The summed E-state index contributed by atoms with van der Waals surface area (Å²) in [6, 6.07) is 7.66. The highest BCUT2D eigenvalue weighted by atomic mass is 32.2. The van der Waals surface area contributed by atoms with Crippen molar-refractivity contribution in [1.29, 1.82) is 0 Å². The second-order valence-corrected chi connectivity index (χ2v) is 9.39. The van der Waals surface area contributed by atoms with Crippen LogP contribution in [-0.4, -0.2) is 27.3 Å². The van der Waals surface area contributed by atoms with Crippen LogP contribution in [0, 0.1) is 17.8 Å². The normalized spacial score (nSPS) is 22.5. The Morgan fingerprint density at radius 3 is 2.79 bits per heavy atom. The summed E-state index contributed by atoms with van der Waals surface area (Å²) in [5.74, 6) is 1.76. The van der Waals surface area contributed by atoms with Crippen molar-refractivity contribution in [3.05, 3.63) is 34.6 Å². The summed E-state index contributed by atoms with van der Waals surface area (Å²) in [5, 5.41) is 4.46. The topological polar surface area (TPSA) is 64.0 Å². The Balaban J connectivity index is 1.75. The number of rotatable bonds is 6. The lowest BCUT2D eigenvalue weighted by Gasteiger charge is -2.34. The summed E-state index contributed by atoms with van der Waals surface area (Å²) in [4.78, 5) is 30.2. The lowest BCUT2D eigenvalue weighted by molar-refractivity contribution is -0.120. The van der Waals surface area contributed by atoms with E-state index < -0.39 is 0 Å². The summed E-state index contributed by atoms with van der Waals surface area (Å²) in [7, 11) is 0. The van der Waals surface area contributed by atoms with Crippen molar-refractivity contribution >= 4 is 28.6 Å².